The lowest BCUT2D eigenvalue weighted by Crippen LogP contribution is -2.19. The predicted octanol–water partition coefficient (Wildman–Crippen LogP) is 2.44. The molecule has 0 spiro atoms. The number of hydrogen-bond donors (Lipinski definition) is 1. The molecule has 1 N–H and O–H groups in total. The fourth-order valence-electron chi connectivity index (χ4n) is 2.26. The van der Waals surface area contributed by atoms with Crippen LogP contribution in [0.5, 0.6) is 0 Å². The van der Waals surface area contributed by atoms with Gasteiger partial charge in [0.15, 0.2) is 0 Å². The Morgan fingerprint density at radius 3 is 2.71 bits per heavy atom. The summed E-state index contributed by atoms with van der Waals surface area (Å²) < 4.78 is 13.2. The van der Waals surface area contributed by atoms with Crippen LogP contribution in [0.15, 0.2) is 18.2 Å². The Bertz CT molecular complexity index is 414. The van der Waals surface area contributed by atoms with Gasteiger partial charge < -0.3 is 10.0 Å². The third kappa shape index (κ3) is 2.96. The van der Waals surface area contributed by atoms with E-state index in [2.05, 4.69) is 4.90 Å². The van der Waals surface area contributed by atoms with Crippen LogP contribution >= 0.6 is 0 Å². The van der Waals surface area contributed by atoms with Crippen LogP contribution in [-0.2, 0) is 11.2 Å². The van der Waals surface area contributed by atoms with Gasteiger partial charge in [-0.3, -0.25) is 4.79 Å². The van der Waals surface area contributed by atoms with Gasteiger partial charge in [0, 0.05) is 25.2 Å². The van der Waals surface area contributed by atoms with E-state index in [-0.39, 0.29) is 12.2 Å². The third-order valence-corrected chi connectivity index (χ3v) is 3.10. The van der Waals surface area contributed by atoms with E-state index in [1.807, 2.05) is 0 Å². The van der Waals surface area contributed by atoms with Crippen molar-refractivity contribution in [3.8, 4) is 0 Å². The van der Waals surface area contributed by atoms with Crippen molar-refractivity contribution in [2.24, 2.45) is 0 Å². The zero-order chi connectivity index (χ0) is 12.3. The minimum absolute atomic E-state index is 0.0459. The lowest BCUT2D eigenvalue weighted by Gasteiger charge is -2.21. The maximum absolute atomic E-state index is 13.2. The summed E-state index contributed by atoms with van der Waals surface area (Å²) in [6, 6.07) is 4.66. The normalized spacial score (nSPS) is 15.2. The summed E-state index contributed by atoms with van der Waals surface area (Å²) in [6.45, 7) is 1.96. The SMILES string of the molecule is O=C(O)CCc1cc(F)ccc1N1CCCC1. The van der Waals surface area contributed by atoms with Crippen LogP contribution in [-0.4, -0.2) is 24.2 Å². The highest BCUT2D eigenvalue weighted by atomic mass is 19.1. The van der Waals surface area contributed by atoms with Gasteiger partial charge in [0.1, 0.15) is 5.82 Å². The number of benzene rings is 1. The van der Waals surface area contributed by atoms with Crippen molar-refractivity contribution < 1.29 is 14.3 Å². The second kappa shape index (κ2) is 5.17. The summed E-state index contributed by atoms with van der Waals surface area (Å²) in [5.41, 5.74) is 1.79. The molecule has 1 aromatic carbocycles. The molecule has 92 valence electrons. The van der Waals surface area contributed by atoms with Crippen LogP contribution < -0.4 is 4.90 Å². The fourth-order valence-corrected chi connectivity index (χ4v) is 2.26. The van der Waals surface area contributed by atoms with E-state index in [9.17, 15) is 9.18 Å². The van der Waals surface area contributed by atoms with E-state index in [0.717, 1.165) is 37.2 Å². The van der Waals surface area contributed by atoms with Gasteiger partial charge in [-0.1, -0.05) is 0 Å². The molecule has 1 heterocycles. The Kier molecular flexibility index (Phi) is 3.61. The van der Waals surface area contributed by atoms with E-state index >= 15 is 0 Å². The molecule has 1 aliphatic heterocycles. The van der Waals surface area contributed by atoms with Crippen molar-refractivity contribution in [3.63, 3.8) is 0 Å². The lowest BCUT2D eigenvalue weighted by molar-refractivity contribution is -0.136. The highest BCUT2D eigenvalue weighted by Gasteiger charge is 2.16. The second-order valence-corrected chi connectivity index (χ2v) is 4.36. The summed E-state index contributed by atoms with van der Waals surface area (Å²) in [5.74, 6) is -1.14. The molecule has 1 fully saturated rings. The zero-order valence-electron chi connectivity index (χ0n) is 9.66. The van der Waals surface area contributed by atoms with Crippen molar-refractivity contribution >= 4 is 11.7 Å². The summed E-state index contributed by atoms with van der Waals surface area (Å²) >= 11 is 0. The molecule has 0 aromatic heterocycles. The molecule has 0 radical (unpaired) electrons. The Morgan fingerprint density at radius 2 is 2.06 bits per heavy atom. The molecule has 3 nitrogen and oxygen atoms in total. The second-order valence-electron chi connectivity index (χ2n) is 4.36. The van der Waals surface area contributed by atoms with Crippen LogP contribution in [0.4, 0.5) is 10.1 Å². The van der Waals surface area contributed by atoms with E-state index in [1.54, 1.807) is 6.07 Å². The number of halogens is 1. The van der Waals surface area contributed by atoms with Gasteiger partial charge in [0.25, 0.3) is 0 Å². The van der Waals surface area contributed by atoms with E-state index in [0.29, 0.717) is 6.42 Å². The number of aliphatic carboxylic acids is 1. The number of nitrogens with zero attached hydrogens (tertiary/aromatic N) is 1. The first-order valence-corrected chi connectivity index (χ1v) is 5.92. The largest absolute Gasteiger partial charge is 0.481 e. The molecular formula is C13H16FNO2. The Hall–Kier alpha value is -1.58. The Balaban J connectivity index is 2.20. The third-order valence-electron chi connectivity index (χ3n) is 3.10. The van der Waals surface area contributed by atoms with Crippen LogP contribution in [0, 0.1) is 5.82 Å². The van der Waals surface area contributed by atoms with Gasteiger partial charge in [0.2, 0.25) is 0 Å². The molecule has 1 aliphatic rings. The molecule has 1 aromatic rings. The number of aryl methyl sites for hydroxylation is 1. The highest BCUT2D eigenvalue weighted by molar-refractivity contribution is 5.68. The first-order valence-electron chi connectivity index (χ1n) is 5.92. The van der Waals surface area contributed by atoms with Gasteiger partial charge in [0.05, 0.1) is 0 Å². The molecule has 0 aliphatic carbocycles. The molecular weight excluding hydrogens is 221 g/mol. The van der Waals surface area contributed by atoms with E-state index in [1.165, 1.54) is 12.1 Å². The Morgan fingerprint density at radius 1 is 1.35 bits per heavy atom. The first-order chi connectivity index (χ1) is 8.16. The van der Waals surface area contributed by atoms with Crippen LogP contribution in [0.2, 0.25) is 0 Å². The first kappa shape index (κ1) is 11.9. The molecule has 1 saturated heterocycles. The van der Waals surface area contributed by atoms with Crippen molar-refractivity contribution in [1.82, 2.24) is 0 Å². The van der Waals surface area contributed by atoms with Crippen LogP contribution in [0.3, 0.4) is 0 Å². The standard InChI is InChI=1S/C13H16FNO2/c14-11-4-5-12(15-7-1-2-8-15)10(9-11)3-6-13(16)17/h4-5,9H,1-3,6-8H2,(H,16,17). The van der Waals surface area contributed by atoms with Crippen LogP contribution in [0.25, 0.3) is 0 Å². The molecule has 4 heteroatoms. The minimum atomic E-state index is -0.846. The summed E-state index contributed by atoms with van der Waals surface area (Å²) in [4.78, 5) is 12.8. The smallest absolute Gasteiger partial charge is 0.303 e. The molecule has 17 heavy (non-hydrogen) atoms. The van der Waals surface area contributed by atoms with E-state index in [4.69, 9.17) is 5.11 Å². The van der Waals surface area contributed by atoms with Crippen molar-refractivity contribution in [2.45, 2.75) is 25.7 Å². The van der Waals surface area contributed by atoms with Crippen molar-refractivity contribution in [3.05, 3.63) is 29.6 Å². The molecule has 0 saturated carbocycles. The number of rotatable bonds is 4. The highest BCUT2D eigenvalue weighted by Crippen LogP contribution is 2.26. The van der Waals surface area contributed by atoms with Crippen molar-refractivity contribution in [1.29, 1.82) is 0 Å². The monoisotopic (exact) mass is 237 g/mol. The number of carboxylic acid groups (broad SMARTS) is 1. The summed E-state index contributed by atoms with van der Waals surface area (Å²) in [7, 11) is 0. The number of carboxylic acids is 1. The quantitative estimate of drug-likeness (QED) is 0.874. The average Bonchev–Trinajstić information content (AvgIpc) is 2.80. The average molecular weight is 237 g/mol. The predicted molar refractivity (Wildman–Crippen MR) is 63.8 cm³/mol. The molecule has 0 bridgehead atoms. The minimum Gasteiger partial charge on any atom is -0.481 e. The summed E-state index contributed by atoms with van der Waals surface area (Å²) in [5, 5.41) is 8.69. The maximum Gasteiger partial charge on any atom is 0.303 e. The van der Waals surface area contributed by atoms with E-state index < -0.39 is 5.97 Å². The van der Waals surface area contributed by atoms with Gasteiger partial charge >= 0.3 is 5.97 Å². The lowest BCUT2D eigenvalue weighted by atomic mass is 10.1. The van der Waals surface area contributed by atoms with Crippen LogP contribution in [0.1, 0.15) is 24.8 Å². The number of hydrogen-bond acceptors (Lipinski definition) is 2. The van der Waals surface area contributed by atoms with Gasteiger partial charge in [-0.05, 0) is 43.0 Å². The van der Waals surface area contributed by atoms with Gasteiger partial charge in [-0.2, -0.15) is 0 Å². The Labute approximate surface area is 99.9 Å². The molecule has 0 atom stereocenters. The summed E-state index contributed by atoms with van der Waals surface area (Å²) in [6.07, 6.45) is 2.73. The maximum atomic E-state index is 13.2. The van der Waals surface area contributed by atoms with Gasteiger partial charge in [-0.25, -0.2) is 4.39 Å². The zero-order valence-corrected chi connectivity index (χ0v) is 9.66. The fraction of sp³-hybridized carbons (Fsp3) is 0.462. The van der Waals surface area contributed by atoms with Gasteiger partial charge in [-0.15, -0.1) is 0 Å². The molecule has 0 unspecified atom stereocenters. The number of carbonyl (C=O) groups is 1. The number of anilines is 1. The topological polar surface area (TPSA) is 40.5 Å². The molecule has 0 amide bonds. The van der Waals surface area contributed by atoms with Crippen molar-refractivity contribution in [2.75, 3.05) is 18.0 Å². The molecule has 2 rings (SSSR count).